The number of nitrogens with one attached hydrogen (secondary N) is 1. The fourth-order valence-corrected chi connectivity index (χ4v) is 3.12. The van der Waals surface area contributed by atoms with Crippen LogP contribution in [0, 0.1) is 5.92 Å². The number of benzene rings is 1. The average Bonchev–Trinajstić information content (AvgIpc) is 2.50. The van der Waals surface area contributed by atoms with Gasteiger partial charge in [0.15, 0.2) is 0 Å². The van der Waals surface area contributed by atoms with Crippen molar-refractivity contribution in [1.29, 1.82) is 0 Å². The zero-order chi connectivity index (χ0) is 15.1. The first kappa shape index (κ1) is 17.0. The first-order valence-corrected chi connectivity index (χ1v) is 8.31. The Morgan fingerprint density at radius 2 is 2.05 bits per heavy atom. The van der Waals surface area contributed by atoms with Gasteiger partial charge in [-0.05, 0) is 50.0 Å². The fourth-order valence-electron chi connectivity index (χ4n) is 2.74. The number of methoxy groups -OCH3 is 1. The molecule has 0 spiro atoms. The molecule has 2 rings (SSSR count). The molecule has 1 saturated heterocycles. The van der Waals surface area contributed by atoms with Crippen molar-refractivity contribution >= 4 is 23.2 Å². The zero-order valence-electron chi connectivity index (χ0n) is 12.6. The summed E-state index contributed by atoms with van der Waals surface area (Å²) in [5.41, 5.74) is 1.13. The highest BCUT2D eigenvalue weighted by Crippen LogP contribution is 2.27. The largest absolute Gasteiger partial charge is 0.383 e. The van der Waals surface area contributed by atoms with Gasteiger partial charge in [-0.2, -0.15) is 0 Å². The number of nitrogens with zero attached hydrogens (tertiary/aromatic N) is 1. The van der Waals surface area contributed by atoms with Gasteiger partial charge in [-0.3, -0.25) is 4.90 Å². The number of rotatable bonds is 7. The number of halogens is 2. The second kappa shape index (κ2) is 8.96. The predicted molar refractivity (Wildman–Crippen MR) is 89.2 cm³/mol. The minimum Gasteiger partial charge on any atom is -0.383 e. The number of likely N-dealkylation sites (tertiary alicyclic amines) is 1. The SMILES string of the molecule is COCCNCC1CCN(Cc2cccc(Cl)c2Cl)CC1. The van der Waals surface area contributed by atoms with Crippen LogP contribution in [0.4, 0.5) is 0 Å². The Hall–Kier alpha value is -0.320. The molecule has 21 heavy (non-hydrogen) atoms. The maximum absolute atomic E-state index is 6.26. The number of hydrogen-bond acceptors (Lipinski definition) is 3. The molecule has 0 bridgehead atoms. The molecule has 5 heteroatoms. The molecule has 0 aliphatic carbocycles. The van der Waals surface area contributed by atoms with Gasteiger partial charge >= 0.3 is 0 Å². The van der Waals surface area contributed by atoms with Crippen LogP contribution < -0.4 is 5.32 Å². The maximum Gasteiger partial charge on any atom is 0.0637 e. The van der Waals surface area contributed by atoms with Crippen LogP contribution in [0.5, 0.6) is 0 Å². The zero-order valence-corrected chi connectivity index (χ0v) is 14.1. The van der Waals surface area contributed by atoms with Crippen molar-refractivity contribution in [2.24, 2.45) is 5.92 Å². The number of hydrogen-bond donors (Lipinski definition) is 1. The first-order valence-electron chi connectivity index (χ1n) is 7.55. The van der Waals surface area contributed by atoms with E-state index in [9.17, 15) is 0 Å². The monoisotopic (exact) mass is 330 g/mol. The lowest BCUT2D eigenvalue weighted by Crippen LogP contribution is -2.37. The molecule has 1 N–H and O–H groups in total. The topological polar surface area (TPSA) is 24.5 Å². The lowest BCUT2D eigenvalue weighted by molar-refractivity contribution is 0.168. The fraction of sp³-hybridized carbons (Fsp3) is 0.625. The van der Waals surface area contributed by atoms with Crippen LogP contribution >= 0.6 is 23.2 Å². The Balaban J connectivity index is 1.73. The Bertz CT molecular complexity index is 434. The normalized spacial score (nSPS) is 17.3. The maximum atomic E-state index is 6.26. The highest BCUT2D eigenvalue weighted by Gasteiger charge is 2.19. The molecule has 0 radical (unpaired) electrons. The van der Waals surface area contributed by atoms with Gasteiger partial charge in [0, 0.05) is 20.2 Å². The van der Waals surface area contributed by atoms with E-state index in [4.69, 9.17) is 27.9 Å². The van der Waals surface area contributed by atoms with E-state index >= 15 is 0 Å². The van der Waals surface area contributed by atoms with Crippen molar-refractivity contribution in [3.05, 3.63) is 33.8 Å². The molecule has 0 unspecified atom stereocenters. The van der Waals surface area contributed by atoms with Gasteiger partial charge in [0.05, 0.1) is 16.7 Å². The van der Waals surface area contributed by atoms with Gasteiger partial charge in [0.25, 0.3) is 0 Å². The molecule has 1 fully saturated rings. The van der Waals surface area contributed by atoms with Crippen LogP contribution in [-0.4, -0.2) is 44.8 Å². The summed E-state index contributed by atoms with van der Waals surface area (Å²) in [6.45, 7) is 5.96. The Kier molecular flexibility index (Phi) is 7.27. The van der Waals surface area contributed by atoms with Crippen molar-refractivity contribution in [3.63, 3.8) is 0 Å². The van der Waals surface area contributed by atoms with E-state index in [0.29, 0.717) is 10.0 Å². The lowest BCUT2D eigenvalue weighted by atomic mass is 9.96. The van der Waals surface area contributed by atoms with Crippen LogP contribution in [0.2, 0.25) is 10.0 Å². The van der Waals surface area contributed by atoms with Crippen LogP contribution in [0.15, 0.2) is 18.2 Å². The summed E-state index contributed by atoms with van der Waals surface area (Å²) in [7, 11) is 1.74. The molecule has 0 atom stereocenters. The second-order valence-corrected chi connectivity index (χ2v) is 6.41. The number of ether oxygens (including phenoxy) is 1. The van der Waals surface area contributed by atoms with Gasteiger partial charge in [-0.15, -0.1) is 0 Å². The van der Waals surface area contributed by atoms with Gasteiger partial charge in [-0.1, -0.05) is 35.3 Å². The molecular formula is C16H24Cl2N2O. The van der Waals surface area contributed by atoms with Crippen LogP contribution in [0.1, 0.15) is 18.4 Å². The third kappa shape index (κ3) is 5.42. The number of piperidine rings is 1. The van der Waals surface area contributed by atoms with E-state index in [-0.39, 0.29) is 0 Å². The third-order valence-corrected chi connectivity index (χ3v) is 4.91. The molecule has 1 aliphatic rings. The Labute approximate surface area is 137 Å². The van der Waals surface area contributed by atoms with Gasteiger partial charge in [-0.25, -0.2) is 0 Å². The van der Waals surface area contributed by atoms with Crippen LogP contribution in [0.3, 0.4) is 0 Å². The van der Waals surface area contributed by atoms with E-state index in [1.807, 2.05) is 12.1 Å². The van der Waals surface area contributed by atoms with Gasteiger partial charge in [0.1, 0.15) is 0 Å². The van der Waals surface area contributed by atoms with Crippen LogP contribution in [-0.2, 0) is 11.3 Å². The van der Waals surface area contributed by atoms with Crippen LogP contribution in [0.25, 0.3) is 0 Å². The van der Waals surface area contributed by atoms with Crippen molar-refractivity contribution in [2.75, 3.05) is 39.9 Å². The van der Waals surface area contributed by atoms with E-state index in [1.54, 1.807) is 7.11 Å². The van der Waals surface area contributed by atoms with Crippen molar-refractivity contribution in [1.82, 2.24) is 10.2 Å². The second-order valence-electron chi connectivity index (χ2n) is 5.63. The molecule has 3 nitrogen and oxygen atoms in total. The summed E-state index contributed by atoms with van der Waals surface area (Å²) in [5, 5.41) is 4.80. The minimum atomic E-state index is 0.645. The lowest BCUT2D eigenvalue weighted by Gasteiger charge is -2.32. The molecule has 0 saturated carbocycles. The summed E-state index contributed by atoms with van der Waals surface area (Å²) in [5.74, 6) is 0.771. The van der Waals surface area contributed by atoms with Crippen molar-refractivity contribution in [3.8, 4) is 0 Å². The smallest absolute Gasteiger partial charge is 0.0637 e. The molecule has 0 amide bonds. The predicted octanol–water partition coefficient (Wildman–Crippen LogP) is 3.44. The molecule has 0 aromatic heterocycles. The average molecular weight is 331 g/mol. The molecule has 1 heterocycles. The third-order valence-electron chi connectivity index (χ3n) is 4.05. The van der Waals surface area contributed by atoms with Crippen molar-refractivity contribution in [2.45, 2.75) is 19.4 Å². The van der Waals surface area contributed by atoms with Gasteiger partial charge < -0.3 is 10.1 Å². The van der Waals surface area contributed by atoms with Crippen molar-refractivity contribution < 1.29 is 4.74 Å². The summed E-state index contributed by atoms with van der Waals surface area (Å²) >= 11 is 12.3. The Morgan fingerprint density at radius 3 is 2.76 bits per heavy atom. The van der Waals surface area contributed by atoms with E-state index in [1.165, 1.54) is 12.8 Å². The Morgan fingerprint density at radius 1 is 1.29 bits per heavy atom. The first-order chi connectivity index (χ1) is 10.2. The summed E-state index contributed by atoms with van der Waals surface area (Å²) in [6, 6.07) is 5.87. The summed E-state index contributed by atoms with van der Waals surface area (Å²) < 4.78 is 5.04. The summed E-state index contributed by atoms with van der Waals surface area (Å²) in [6.07, 6.45) is 2.47. The van der Waals surface area contributed by atoms with E-state index in [2.05, 4.69) is 16.3 Å². The molecule has 1 aromatic rings. The highest BCUT2D eigenvalue weighted by atomic mass is 35.5. The molecule has 118 valence electrons. The highest BCUT2D eigenvalue weighted by molar-refractivity contribution is 6.42. The van der Waals surface area contributed by atoms with E-state index in [0.717, 1.165) is 50.8 Å². The minimum absolute atomic E-state index is 0.645. The molecular weight excluding hydrogens is 307 g/mol. The van der Waals surface area contributed by atoms with Gasteiger partial charge in [0.2, 0.25) is 0 Å². The standard InChI is InChI=1S/C16H24Cl2N2O/c1-21-10-7-19-11-13-5-8-20(9-6-13)12-14-3-2-4-15(17)16(14)18/h2-4,13,19H,5-12H2,1H3. The quantitative estimate of drug-likeness (QED) is 0.775. The van der Waals surface area contributed by atoms with E-state index < -0.39 is 0 Å². The molecule has 1 aromatic carbocycles. The summed E-state index contributed by atoms with van der Waals surface area (Å²) in [4.78, 5) is 2.46. The molecule has 1 aliphatic heterocycles.